The highest BCUT2D eigenvalue weighted by atomic mass is 35.5. The number of hydrogen-bond acceptors (Lipinski definition) is 4. The first kappa shape index (κ1) is 17.8. The molecule has 2 heterocycles. The highest BCUT2D eigenvalue weighted by Crippen LogP contribution is 2.38. The zero-order valence-corrected chi connectivity index (χ0v) is 14.9. The van der Waals surface area contributed by atoms with Crippen LogP contribution in [0.3, 0.4) is 0 Å². The van der Waals surface area contributed by atoms with E-state index < -0.39 is 5.97 Å². The van der Waals surface area contributed by atoms with Gasteiger partial charge < -0.3 is 14.3 Å². The minimum Gasteiger partial charge on any atom is -0.494 e. The minimum absolute atomic E-state index is 0.225. The van der Waals surface area contributed by atoms with Gasteiger partial charge in [-0.15, -0.1) is 0 Å². The van der Waals surface area contributed by atoms with Crippen LogP contribution in [0.5, 0.6) is 5.75 Å². The zero-order valence-electron chi connectivity index (χ0n) is 14.2. The van der Waals surface area contributed by atoms with Crippen LogP contribution in [0.15, 0.2) is 41.0 Å². The van der Waals surface area contributed by atoms with Crippen molar-refractivity contribution in [3.8, 4) is 5.75 Å². The fraction of sp³-hybridized carbons (Fsp3) is 0.421. The largest absolute Gasteiger partial charge is 0.494 e. The number of benzene rings is 1. The van der Waals surface area contributed by atoms with Crippen LogP contribution in [0.25, 0.3) is 0 Å². The lowest BCUT2D eigenvalue weighted by Gasteiger charge is -2.36. The normalized spacial score (nSPS) is 19.5. The number of carboxylic acids is 1. The van der Waals surface area contributed by atoms with Crippen molar-refractivity contribution < 1.29 is 19.1 Å². The third-order valence-electron chi connectivity index (χ3n) is 4.55. The third kappa shape index (κ3) is 3.99. The number of likely N-dealkylation sites (tertiary alicyclic amines) is 1. The Morgan fingerprint density at radius 3 is 3.00 bits per heavy atom. The van der Waals surface area contributed by atoms with Crippen molar-refractivity contribution in [1.82, 2.24) is 4.90 Å². The SMILES string of the molecule is CCOc1ccc(Cl)cc1C(c1ccco1)N1CCCC(C(=O)O)C1. The second kappa shape index (κ2) is 7.93. The van der Waals surface area contributed by atoms with Gasteiger partial charge in [0.1, 0.15) is 11.5 Å². The Kier molecular flexibility index (Phi) is 5.66. The number of furan rings is 1. The molecule has 0 radical (unpaired) electrons. The second-order valence-corrected chi connectivity index (χ2v) is 6.64. The third-order valence-corrected chi connectivity index (χ3v) is 4.78. The van der Waals surface area contributed by atoms with Gasteiger partial charge in [-0.2, -0.15) is 0 Å². The van der Waals surface area contributed by atoms with Crippen molar-refractivity contribution in [3.63, 3.8) is 0 Å². The molecule has 2 atom stereocenters. The van der Waals surface area contributed by atoms with Crippen LogP contribution in [-0.4, -0.2) is 35.7 Å². The van der Waals surface area contributed by atoms with Crippen LogP contribution in [0, 0.1) is 5.92 Å². The highest BCUT2D eigenvalue weighted by molar-refractivity contribution is 6.30. The van der Waals surface area contributed by atoms with Crippen LogP contribution in [-0.2, 0) is 4.79 Å². The lowest BCUT2D eigenvalue weighted by atomic mass is 9.93. The standard InChI is InChI=1S/C19H22ClNO4/c1-2-24-16-8-7-14(20)11-15(16)18(17-6-4-10-25-17)21-9-3-5-13(12-21)19(22)23/h4,6-8,10-11,13,18H,2-3,5,9,12H2,1H3,(H,22,23). The van der Waals surface area contributed by atoms with Gasteiger partial charge >= 0.3 is 5.97 Å². The fourth-order valence-electron chi connectivity index (χ4n) is 3.44. The van der Waals surface area contributed by atoms with Crippen molar-refractivity contribution in [2.75, 3.05) is 19.7 Å². The summed E-state index contributed by atoms with van der Waals surface area (Å²) in [4.78, 5) is 13.6. The second-order valence-electron chi connectivity index (χ2n) is 6.21. The van der Waals surface area contributed by atoms with E-state index in [4.69, 9.17) is 20.8 Å². The minimum atomic E-state index is -0.751. The summed E-state index contributed by atoms with van der Waals surface area (Å²) < 4.78 is 11.5. The summed E-state index contributed by atoms with van der Waals surface area (Å²) in [6.07, 6.45) is 3.16. The van der Waals surface area contributed by atoms with Gasteiger partial charge in [0.2, 0.25) is 0 Å². The zero-order chi connectivity index (χ0) is 17.8. The molecule has 1 aromatic heterocycles. The number of aliphatic carboxylic acids is 1. The number of halogens is 1. The Bertz CT molecular complexity index is 716. The molecule has 2 aromatic rings. The van der Waals surface area contributed by atoms with Gasteiger partial charge in [0.05, 0.1) is 24.8 Å². The summed E-state index contributed by atoms with van der Waals surface area (Å²) in [6, 6.07) is 9.06. The predicted molar refractivity (Wildman–Crippen MR) is 95.1 cm³/mol. The highest BCUT2D eigenvalue weighted by Gasteiger charge is 2.34. The monoisotopic (exact) mass is 363 g/mol. The number of nitrogens with zero attached hydrogens (tertiary/aromatic N) is 1. The Balaban J connectivity index is 2.02. The van der Waals surface area contributed by atoms with Crippen LogP contribution in [0.1, 0.15) is 37.1 Å². The van der Waals surface area contributed by atoms with E-state index in [9.17, 15) is 9.90 Å². The summed E-state index contributed by atoms with van der Waals surface area (Å²) in [6.45, 7) is 3.74. The van der Waals surface area contributed by atoms with Crippen molar-refractivity contribution in [3.05, 3.63) is 52.9 Å². The van der Waals surface area contributed by atoms with E-state index in [0.29, 0.717) is 24.6 Å². The van der Waals surface area contributed by atoms with Gasteiger partial charge in [0.15, 0.2) is 0 Å². The van der Waals surface area contributed by atoms with Crippen molar-refractivity contribution in [1.29, 1.82) is 0 Å². The molecule has 0 bridgehead atoms. The molecule has 6 heteroatoms. The number of hydrogen-bond donors (Lipinski definition) is 1. The molecule has 5 nitrogen and oxygen atoms in total. The fourth-order valence-corrected chi connectivity index (χ4v) is 3.62. The maximum absolute atomic E-state index is 11.5. The molecular formula is C19H22ClNO4. The average Bonchev–Trinajstić information content (AvgIpc) is 3.12. The maximum Gasteiger partial charge on any atom is 0.307 e. The number of ether oxygens (including phenoxy) is 1. The Morgan fingerprint density at radius 1 is 1.48 bits per heavy atom. The molecule has 1 saturated heterocycles. The molecule has 25 heavy (non-hydrogen) atoms. The van der Waals surface area contributed by atoms with E-state index in [-0.39, 0.29) is 12.0 Å². The van der Waals surface area contributed by atoms with E-state index >= 15 is 0 Å². The molecule has 1 aromatic carbocycles. The first-order chi connectivity index (χ1) is 12.1. The molecule has 0 spiro atoms. The summed E-state index contributed by atoms with van der Waals surface area (Å²) in [5, 5.41) is 10.0. The molecule has 0 amide bonds. The molecule has 2 unspecified atom stereocenters. The summed E-state index contributed by atoms with van der Waals surface area (Å²) >= 11 is 6.24. The first-order valence-corrected chi connectivity index (χ1v) is 8.90. The van der Waals surface area contributed by atoms with Gasteiger partial charge in [-0.05, 0) is 56.6 Å². The molecular weight excluding hydrogens is 342 g/mol. The van der Waals surface area contributed by atoms with Crippen LogP contribution in [0.4, 0.5) is 0 Å². The lowest BCUT2D eigenvalue weighted by molar-refractivity contribution is -0.143. The molecule has 134 valence electrons. The summed E-state index contributed by atoms with van der Waals surface area (Å²) in [5.74, 6) is 0.375. The van der Waals surface area contributed by atoms with Crippen molar-refractivity contribution in [2.24, 2.45) is 5.92 Å². The van der Waals surface area contributed by atoms with E-state index in [1.165, 1.54) is 0 Å². The van der Waals surface area contributed by atoms with E-state index in [1.807, 2.05) is 31.2 Å². The van der Waals surface area contributed by atoms with Crippen LogP contribution in [0.2, 0.25) is 5.02 Å². The van der Waals surface area contributed by atoms with Gasteiger partial charge in [-0.25, -0.2) is 0 Å². The van der Waals surface area contributed by atoms with E-state index in [2.05, 4.69) is 4.90 Å². The number of piperidine rings is 1. The molecule has 1 fully saturated rings. The maximum atomic E-state index is 11.5. The van der Waals surface area contributed by atoms with E-state index in [1.54, 1.807) is 12.3 Å². The number of rotatable bonds is 6. The van der Waals surface area contributed by atoms with Crippen molar-refractivity contribution in [2.45, 2.75) is 25.8 Å². The quantitative estimate of drug-likeness (QED) is 0.832. The van der Waals surface area contributed by atoms with Gasteiger partial charge in [0, 0.05) is 17.1 Å². The van der Waals surface area contributed by atoms with Crippen LogP contribution < -0.4 is 4.74 Å². The number of carbonyl (C=O) groups is 1. The topological polar surface area (TPSA) is 62.9 Å². The molecule has 1 aliphatic heterocycles. The molecule has 0 aliphatic carbocycles. The number of carboxylic acid groups (broad SMARTS) is 1. The van der Waals surface area contributed by atoms with Gasteiger partial charge in [0.25, 0.3) is 0 Å². The van der Waals surface area contributed by atoms with Crippen molar-refractivity contribution >= 4 is 17.6 Å². The Hall–Kier alpha value is -1.98. The van der Waals surface area contributed by atoms with Gasteiger partial charge in [-0.3, -0.25) is 9.69 Å². The van der Waals surface area contributed by atoms with Gasteiger partial charge in [-0.1, -0.05) is 11.6 Å². The Labute approximate surface area is 152 Å². The summed E-state index contributed by atoms with van der Waals surface area (Å²) in [5.41, 5.74) is 0.898. The lowest BCUT2D eigenvalue weighted by Crippen LogP contribution is -2.41. The average molecular weight is 364 g/mol. The smallest absolute Gasteiger partial charge is 0.307 e. The Morgan fingerprint density at radius 2 is 2.32 bits per heavy atom. The predicted octanol–water partition coefficient (Wildman–Crippen LogP) is 4.22. The molecule has 1 aliphatic rings. The summed E-state index contributed by atoms with van der Waals surface area (Å²) in [7, 11) is 0. The van der Waals surface area contributed by atoms with E-state index in [0.717, 1.165) is 30.0 Å². The molecule has 1 N–H and O–H groups in total. The molecule has 0 saturated carbocycles. The first-order valence-electron chi connectivity index (χ1n) is 8.52. The van der Waals surface area contributed by atoms with Crippen LogP contribution >= 0.6 is 11.6 Å². The molecule has 3 rings (SSSR count).